The molecule has 1 aliphatic carbocycles. The highest BCUT2D eigenvalue weighted by atomic mass is 31.2. The minimum atomic E-state index is -4.80. The predicted octanol–water partition coefficient (Wildman–Crippen LogP) is 7.97. The van der Waals surface area contributed by atoms with E-state index in [0.717, 1.165) is 18.4 Å². The summed E-state index contributed by atoms with van der Waals surface area (Å²) >= 11 is 0. The number of amides is 1. The van der Waals surface area contributed by atoms with Gasteiger partial charge in [0.05, 0.1) is 43.2 Å². The van der Waals surface area contributed by atoms with Gasteiger partial charge < -0.3 is 39.4 Å². The van der Waals surface area contributed by atoms with E-state index in [9.17, 15) is 27.6 Å². The first-order valence-electron chi connectivity index (χ1n) is 16.4. The molecule has 5 rings (SSSR count). The monoisotopic (exact) mass is 718 g/mol. The Morgan fingerprint density at radius 1 is 1.06 bits per heavy atom. The maximum Gasteiger partial charge on any atom is 0.421 e. The van der Waals surface area contributed by atoms with Gasteiger partial charge in [-0.2, -0.15) is 18.2 Å². The molecule has 4 N–H and O–H groups in total. The third-order valence-electron chi connectivity index (χ3n) is 8.83. The van der Waals surface area contributed by atoms with Crippen LogP contribution in [0.15, 0.2) is 42.7 Å². The molecule has 2 aromatic heterocycles. The maximum atomic E-state index is 14.3. The van der Waals surface area contributed by atoms with Crippen molar-refractivity contribution in [3.8, 4) is 11.6 Å². The van der Waals surface area contributed by atoms with E-state index in [1.807, 2.05) is 6.07 Å². The van der Waals surface area contributed by atoms with Crippen molar-refractivity contribution in [2.75, 3.05) is 38.0 Å². The number of halogens is 3. The molecule has 50 heavy (non-hydrogen) atoms. The average molecular weight is 719 g/mol. The van der Waals surface area contributed by atoms with Gasteiger partial charge in [-0.1, -0.05) is 12.1 Å². The Morgan fingerprint density at radius 2 is 1.74 bits per heavy atom. The number of benzene rings is 2. The maximum absolute atomic E-state index is 14.3. The molecule has 1 fully saturated rings. The van der Waals surface area contributed by atoms with E-state index in [0.29, 0.717) is 46.8 Å². The van der Waals surface area contributed by atoms with Crippen LogP contribution in [0.5, 0.6) is 11.6 Å². The molecule has 12 nitrogen and oxygen atoms in total. The second-order valence-corrected chi connectivity index (χ2v) is 14.1. The van der Waals surface area contributed by atoms with Crippen LogP contribution in [0.3, 0.4) is 0 Å². The number of methoxy groups -OCH3 is 1. The number of aromatic hydroxyl groups is 1. The number of aromatic nitrogens is 3. The smallest absolute Gasteiger partial charge is 0.421 e. The molecule has 0 saturated heterocycles. The Labute approximate surface area is 288 Å². The van der Waals surface area contributed by atoms with E-state index in [1.165, 1.54) is 11.7 Å². The molecule has 16 heteroatoms. The molecule has 0 radical (unpaired) electrons. The summed E-state index contributed by atoms with van der Waals surface area (Å²) in [5, 5.41) is 20.6. The van der Waals surface area contributed by atoms with Crippen LogP contribution in [-0.2, 0) is 37.8 Å². The Hall–Kier alpha value is -4.33. The van der Waals surface area contributed by atoms with Gasteiger partial charge in [0.2, 0.25) is 17.7 Å². The lowest BCUT2D eigenvalue weighted by atomic mass is 9.77. The second-order valence-electron chi connectivity index (χ2n) is 12.1. The predicted molar refractivity (Wildman–Crippen MR) is 185 cm³/mol. The van der Waals surface area contributed by atoms with E-state index < -0.39 is 25.2 Å². The van der Waals surface area contributed by atoms with E-state index in [-0.39, 0.29) is 54.6 Å². The van der Waals surface area contributed by atoms with Gasteiger partial charge in [0.15, 0.2) is 0 Å². The van der Waals surface area contributed by atoms with Crippen molar-refractivity contribution in [1.82, 2.24) is 19.9 Å². The van der Waals surface area contributed by atoms with Crippen LogP contribution in [-0.4, -0.2) is 52.9 Å². The fourth-order valence-corrected chi connectivity index (χ4v) is 8.14. The van der Waals surface area contributed by atoms with E-state index >= 15 is 0 Å². The van der Waals surface area contributed by atoms with E-state index in [1.54, 1.807) is 58.4 Å². The summed E-state index contributed by atoms with van der Waals surface area (Å²) < 4.78 is 73.6. The molecular weight excluding hydrogens is 676 g/mol. The number of alkyl halides is 3. The largest absolute Gasteiger partial charge is 0.495 e. The van der Waals surface area contributed by atoms with Gasteiger partial charge in [-0.05, 0) is 74.8 Å². The highest BCUT2D eigenvalue weighted by molar-refractivity contribution is 7.53. The van der Waals surface area contributed by atoms with Crippen molar-refractivity contribution >= 4 is 47.4 Å². The highest BCUT2D eigenvalue weighted by Gasteiger charge is 2.36. The standard InChI is InChI=1S/C34H42F3N6O6P/c1-6-48-50(46,49-7-2)19-20-8-14-26(28(16-20)47-5)41-33-39-17-25(34(35,36)37)30(42-33)40-27-15-13-23(24-18-43(4)32(45)29(24)27)21-9-11-22(12-10-21)31(44)38-3/h8,13-18,21-22,45H,6-7,9-12,19H2,1-5H3,(H,38,44)(H2,39,40,41,42). The topological polar surface area (TPSA) is 149 Å². The number of rotatable bonds is 13. The number of carbonyl (C=O) groups excluding carboxylic acids is 1. The number of carbonyl (C=O) groups is 1. The quantitative estimate of drug-likeness (QED) is 0.100. The Balaban J connectivity index is 1.46. The van der Waals surface area contributed by atoms with Crippen LogP contribution in [0.2, 0.25) is 0 Å². The Bertz CT molecular complexity index is 1880. The van der Waals surface area contributed by atoms with Gasteiger partial charge in [0.1, 0.15) is 17.1 Å². The van der Waals surface area contributed by atoms with Gasteiger partial charge in [0, 0.05) is 37.8 Å². The molecule has 0 bridgehead atoms. The number of ether oxygens (including phenoxy) is 1. The summed E-state index contributed by atoms with van der Waals surface area (Å²) in [6, 6.07) is 8.39. The molecule has 0 atom stereocenters. The van der Waals surface area contributed by atoms with Crippen LogP contribution in [0.1, 0.15) is 62.1 Å². The molecule has 1 aliphatic rings. The summed E-state index contributed by atoms with van der Waals surface area (Å²) in [5.41, 5.74) is 1.03. The summed E-state index contributed by atoms with van der Waals surface area (Å²) in [5.74, 6) is -0.422. The molecule has 0 aliphatic heterocycles. The number of anilines is 4. The van der Waals surface area contributed by atoms with Crippen LogP contribution in [0.25, 0.3) is 10.8 Å². The fourth-order valence-electron chi connectivity index (χ4n) is 6.45. The van der Waals surface area contributed by atoms with Gasteiger partial charge in [0.25, 0.3) is 0 Å². The zero-order valence-corrected chi connectivity index (χ0v) is 29.5. The number of aryl methyl sites for hydroxylation is 1. The third-order valence-corrected chi connectivity index (χ3v) is 10.9. The lowest BCUT2D eigenvalue weighted by molar-refractivity contribution is -0.137. The van der Waals surface area contributed by atoms with Crippen molar-refractivity contribution in [1.29, 1.82) is 0 Å². The summed E-state index contributed by atoms with van der Waals surface area (Å²) in [6.45, 7) is 3.85. The summed E-state index contributed by atoms with van der Waals surface area (Å²) in [6.07, 6.45) is 0.584. The molecular formula is C34H42F3N6O6P. The first-order chi connectivity index (χ1) is 23.8. The van der Waals surface area contributed by atoms with E-state index in [4.69, 9.17) is 13.8 Å². The lowest BCUT2D eigenvalue weighted by Gasteiger charge is -2.28. The first kappa shape index (κ1) is 36.9. The number of hydrogen-bond donors (Lipinski definition) is 4. The van der Waals surface area contributed by atoms with Crippen LogP contribution < -0.4 is 20.7 Å². The number of fused-ring (bicyclic) bond motifs is 1. The fraction of sp³-hybridized carbons (Fsp3) is 0.441. The molecule has 1 saturated carbocycles. The molecule has 270 valence electrons. The van der Waals surface area contributed by atoms with Gasteiger partial charge in [-0.15, -0.1) is 0 Å². The van der Waals surface area contributed by atoms with Gasteiger partial charge >= 0.3 is 13.8 Å². The van der Waals surface area contributed by atoms with Crippen LogP contribution >= 0.6 is 7.60 Å². The van der Waals surface area contributed by atoms with Gasteiger partial charge in [-0.3, -0.25) is 9.36 Å². The lowest BCUT2D eigenvalue weighted by Crippen LogP contribution is -2.30. The highest BCUT2D eigenvalue weighted by Crippen LogP contribution is 2.52. The van der Waals surface area contributed by atoms with E-state index in [2.05, 4.69) is 25.9 Å². The third kappa shape index (κ3) is 8.00. The minimum Gasteiger partial charge on any atom is -0.495 e. The minimum absolute atomic E-state index is 0.00691. The summed E-state index contributed by atoms with van der Waals surface area (Å²) in [4.78, 5) is 20.3. The average Bonchev–Trinajstić information content (AvgIpc) is 3.38. The van der Waals surface area contributed by atoms with Crippen molar-refractivity contribution in [2.45, 2.75) is 57.8 Å². The normalized spacial score (nSPS) is 16.7. The van der Waals surface area contributed by atoms with Crippen molar-refractivity contribution in [3.05, 3.63) is 59.4 Å². The summed E-state index contributed by atoms with van der Waals surface area (Å²) in [7, 11) is 1.30. The zero-order chi connectivity index (χ0) is 36.2. The van der Waals surface area contributed by atoms with Crippen molar-refractivity contribution in [2.24, 2.45) is 13.0 Å². The molecule has 2 aromatic carbocycles. The molecule has 0 spiro atoms. The number of nitrogens with one attached hydrogen (secondary N) is 3. The molecule has 0 unspecified atom stereocenters. The number of hydrogen-bond acceptors (Lipinski definition) is 10. The Kier molecular flexibility index (Phi) is 11.3. The molecule has 4 aromatic rings. The SMILES string of the molecule is CCOP(=O)(Cc1ccc(Nc2ncc(C(F)(F)F)c(Nc3ccc(C4CCC(C(=O)NC)CC4)c4cn(C)c(O)c34)n2)c(OC)c1)OCC. The molecule has 1 amide bonds. The first-order valence-corrected chi connectivity index (χ1v) is 18.1. The van der Waals surface area contributed by atoms with Crippen molar-refractivity contribution < 1.29 is 41.4 Å². The Morgan fingerprint density at radius 3 is 2.36 bits per heavy atom. The van der Waals surface area contributed by atoms with Crippen LogP contribution in [0.4, 0.5) is 36.3 Å². The van der Waals surface area contributed by atoms with Gasteiger partial charge in [-0.25, -0.2) is 4.98 Å². The van der Waals surface area contributed by atoms with Crippen LogP contribution in [0, 0.1) is 5.92 Å². The van der Waals surface area contributed by atoms with Crippen molar-refractivity contribution in [3.63, 3.8) is 0 Å². The zero-order valence-electron chi connectivity index (χ0n) is 28.6. The molecule has 2 heterocycles. The second kappa shape index (κ2) is 15.3. The number of nitrogens with zero attached hydrogens (tertiary/aromatic N) is 3.